The molecule has 13 rings (SSSR count). The lowest BCUT2D eigenvalue weighted by atomic mass is 10.1. The number of furan rings is 3. The van der Waals surface area contributed by atoms with Gasteiger partial charge in [-0.2, -0.15) is 0 Å². The number of hydrogen-bond donors (Lipinski definition) is 0. The van der Waals surface area contributed by atoms with Crippen molar-refractivity contribution in [3.63, 3.8) is 0 Å². The van der Waals surface area contributed by atoms with Crippen LogP contribution in [0.2, 0.25) is 0 Å². The fourth-order valence-electron chi connectivity index (χ4n) is 9.25. The SMILES string of the molecule is c1ccc2c(N(c3ccc4c(c3)oc3ccccc34)c3ccc4c(c3)oc3cc(N(c5ccc6c(c5)oc5ccccc56)c5cccc6ccccc56)cnc34)cccc2c1. The molecule has 0 bridgehead atoms. The molecule has 13 aromatic rings. The molecule has 0 unspecified atom stereocenters. The van der Waals surface area contributed by atoms with Crippen LogP contribution >= 0.6 is 0 Å². The van der Waals surface area contributed by atoms with Crippen molar-refractivity contribution in [2.45, 2.75) is 0 Å². The van der Waals surface area contributed by atoms with Crippen LogP contribution in [0.25, 0.3) is 87.5 Å². The van der Waals surface area contributed by atoms with Crippen LogP contribution in [0.5, 0.6) is 0 Å². The summed E-state index contributed by atoms with van der Waals surface area (Å²) in [5.41, 5.74) is 11.5. The number of aromatic nitrogens is 1. The molecule has 0 aliphatic carbocycles. The molecule has 0 spiro atoms. The van der Waals surface area contributed by atoms with E-state index in [4.69, 9.17) is 18.2 Å². The fourth-order valence-corrected chi connectivity index (χ4v) is 9.25. The third-order valence-electron chi connectivity index (χ3n) is 12.1. The maximum atomic E-state index is 6.82. The number of rotatable bonds is 6. The molecule has 0 saturated heterocycles. The maximum Gasteiger partial charge on any atom is 0.155 e. The monoisotopic (exact) mass is 783 g/mol. The van der Waals surface area contributed by atoms with Gasteiger partial charge in [0.25, 0.3) is 0 Å². The van der Waals surface area contributed by atoms with Crippen LogP contribution < -0.4 is 9.80 Å². The van der Waals surface area contributed by atoms with Crippen LogP contribution in [-0.4, -0.2) is 4.98 Å². The molecule has 6 heteroatoms. The predicted octanol–water partition coefficient (Wildman–Crippen LogP) is 16.0. The predicted molar refractivity (Wildman–Crippen MR) is 250 cm³/mol. The highest BCUT2D eigenvalue weighted by molar-refractivity contribution is 6.10. The highest BCUT2D eigenvalue weighted by atomic mass is 16.3. The summed E-state index contributed by atoms with van der Waals surface area (Å²) in [4.78, 5) is 9.66. The van der Waals surface area contributed by atoms with Crippen LogP contribution in [0.1, 0.15) is 0 Å². The Labute approximate surface area is 348 Å². The molecule has 4 aromatic heterocycles. The van der Waals surface area contributed by atoms with E-state index in [2.05, 4.69) is 174 Å². The standard InChI is InChI=1S/C55H33N3O3/c1-3-15-40-34(11-1)13-9-19-47(40)57(36-23-26-44-42-17-5-7-21-49(42)59-51(44)29-36)37-25-28-46-53(31-37)61-54-32-39(33-56-55(46)54)58(48-20-10-14-35-12-2-4-16-41(35)48)38-24-27-45-43-18-6-8-22-50(43)60-52(45)30-38/h1-33H. The molecule has 0 atom stereocenters. The number of para-hydroxylation sites is 2. The first-order valence-corrected chi connectivity index (χ1v) is 20.4. The molecule has 0 amide bonds. The van der Waals surface area contributed by atoms with Gasteiger partial charge in [0.2, 0.25) is 0 Å². The molecular weight excluding hydrogens is 751 g/mol. The highest BCUT2D eigenvalue weighted by Gasteiger charge is 2.22. The van der Waals surface area contributed by atoms with Gasteiger partial charge in [0, 0.05) is 79.0 Å². The lowest BCUT2D eigenvalue weighted by Crippen LogP contribution is -2.10. The molecule has 0 saturated carbocycles. The van der Waals surface area contributed by atoms with E-state index in [0.717, 1.165) is 116 Å². The Morgan fingerprint density at radius 2 is 0.689 bits per heavy atom. The number of nitrogens with zero attached hydrogens (tertiary/aromatic N) is 3. The quantitative estimate of drug-likeness (QED) is 0.167. The first-order chi connectivity index (χ1) is 30.2. The van der Waals surface area contributed by atoms with Crippen LogP contribution in [0.4, 0.5) is 34.1 Å². The Hall–Kier alpha value is -8.35. The summed E-state index contributed by atoms with van der Waals surface area (Å²) in [7, 11) is 0. The van der Waals surface area contributed by atoms with Crippen molar-refractivity contribution in [1.29, 1.82) is 0 Å². The zero-order valence-corrected chi connectivity index (χ0v) is 32.6. The number of anilines is 6. The largest absolute Gasteiger partial charge is 0.456 e. The Morgan fingerprint density at radius 1 is 0.295 bits per heavy atom. The molecule has 9 aromatic carbocycles. The van der Waals surface area contributed by atoms with Crippen molar-refractivity contribution in [1.82, 2.24) is 4.98 Å². The minimum Gasteiger partial charge on any atom is -0.456 e. The van der Waals surface area contributed by atoms with E-state index in [-0.39, 0.29) is 0 Å². The maximum absolute atomic E-state index is 6.82. The van der Waals surface area contributed by atoms with Gasteiger partial charge in [0.1, 0.15) is 33.4 Å². The topological polar surface area (TPSA) is 58.8 Å². The molecule has 0 aliphatic heterocycles. The lowest BCUT2D eigenvalue weighted by Gasteiger charge is -2.26. The van der Waals surface area contributed by atoms with E-state index in [9.17, 15) is 0 Å². The minimum absolute atomic E-state index is 0.695. The van der Waals surface area contributed by atoms with Crippen LogP contribution in [0.3, 0.4) is 0 Å². The Bertz CT molecular complexity index is 3610. The van der Waals surface area contributed by atoms with Gasteiger partial charge in [-0.05, 0) is 71.4 Å². The normalized spacial score (nSPS) is 11.9. The first-order valence-electron chi connectivity index (χ1n) is 20.4. The highest BCUT2D eigenvalue weighted by Crippen LogP contribution is 2.45. The summed E-state index contributed by atoms with van der Waals surface area (Å²) in [6.07, 6.45) is 1.95. The number of pyridine rings is 1. The zero-order valence-electron chi connectivity index (χ0n) is 32.6. The second-order valence-electron chi connectivity index (χ2n) is 15.5. The Morgan fingerprint density at radius 3 is 1.25 bits per heavy atom. The van der Waals surface area contributed by atoms with Gasteiger partial charge in [-0.1, -0.05) is 109 Å². The van der Waals surface area contributed by atoms with Gasteiger partial charge in [0.05, 0.1) is 23.3 Å². The third-order valence-corrected chi connectivity index (χ3v) is 12.1. The summed E-state index contributed by atoms with van der Waals surface area (Å²) < 4.78 is 19.6. The van der Waals surface area contributed by atoms with E-state index in [0.29, 0.717) is 5.58 Å². The summed E-state index contributed by atoms with van der Waals surface area (Å²) in [5.74, 6) is 0. The molecule has 0 N–H and O–H groups in total. The Balaban J connectivity index is 0.981. The molecule has 6 nitrogen and oxygen atoms in total. The van der Waals surface area contributed by atoms with Gasteiger partial charge < -0.3 is 23.1 Å². The second kappa shape index (κ2) is 13.1. The third kappa shape index (κ3) is 5.26. The molecule has 0 radical (unpaired) electrons. The van der Waals surface area contributed by atoms with E-state index >= 15 is 0 Å². The van der Waals surface area contributed by atoms with Crippen molar-refractivity contribution in [3.05, 3.63) is 200 Å². The minimum atomic E-state index is 0.695. The van der Waals surface area contributed by atoms with E-state index in [1.807, 2.05) is 36.5 Å². The van der Waals surface area contributed by atoms with Gasteiger partial charge in [-0.25, -0.2) is 4.98 Å². The molecule has 0 fully saturated rings. The Kier molecular flexibility index (Phi) is 7.21. The molecule has 286 valence electrons. The van der Waals surface area contributed by atoms with Gasteiger partial charge in [-0.15, -0.1) is 0 Å². The number of benzene rings is 9. The van der Waals surface area contributed by atoms with E-state index < -0.39 is 0 Å². The summed E-state index contributed by atoms with van der Waals surface area (Å²) in [6, 6.07) is 67.6. The summed E-state index contributed by atoms with van der Waals surface area (Å²) in [5, 5.41) is 9.87. The summed E-state index contributed by atoms with van der Waals surface area (Å²) in [6.45, 7) is 0. The van der Waals surface area contributed by atoms with Gasteiger partial charge in [0.15, 0.2) is 5.58 Å². The zero-order chi connectivity index (χ0) is 40.0. The fraction of sp³-hybridized carbons (Fsp3) is 0. The second-order valence-corrected chi connectivity index (χ2v) is 15.5. The smallest absolute Gasteiger partial charge is 0.155 e. The molecular formula is C55H33N3O3. The van der Waals surface area contributed by atoms with E-state index in [1.54, 1.807) is 0 Å². The summed E-state index contributed by atoms with van der Waals surface area (Å²) >= 11 is 0. The molecule has 61 heavy (non-hydrogen) atoms. The van der Waals surface area contributed by atoms with Crippen molar-refractivity contribution in [2.75, 3.05) is 9.80 Å². The average molecular weight is 784 g/mol. The van der Waals surface area contributed by atoms with Crippen molar-refractivity contribution in [2.24, 2.45) is 0 Å². The van der Waals surface area contributed by atoms with Crippen LogP contribution in [-0.2, 0) is 0 Å². The average Bonchev–Trinajstić information content (AvgIpc) is 3.99. The van der Waals surface area contributed by atoms with Crippen LogP contribution in [0.15, 0.2) is 214 Å². The molecule has 0 aliphatic rings. The van der Waals surface area contributed by atoms with E-state index in [1.165, 1.54) is 0 Å². The van der Waals surface area contributed by atoms with Crippen molar-refractivity contribution in [3.8, 4) is 0 Å². The van der Waals surface area contributed by atoms with Crippen molar-refractivity contribution >= 4 is 122 Å². The van der Waals surface area contributed by atoms with Gasteiger partial charge >= 0.3 is 0 Å². The molecule has 4 heterocycles. The first kappa shape index (κ1) is 33.6. The number of fused-ring (bicyclic) bond motifs is 11. The van der Waals surface area contributed by atoms with Crippen LogP contribution in [0, 0.1) is 0 Å². The number of hydrogen-bond acceptors (Lipinski definition) is 6. The van der Waals surface area contributed by atoms with Gasteiger partial charge in [-0.3, -0.25) is 0 Å². The lowest BCUT2D eigenvalue weighted by molar-refractivity contribution is 0.668. The van der Waals surface area contributed by atoms with Crippen molar-refractivity contribution < 1.29 is 13.3 Å².